The van der Waals surface area contributed by atoms with Gasteiger partial charge in [0.25, 0.3) is 11.9 Å². The Morgan fingerprint density at radius 3 is 2.46 bits per heavy atom. The van der Waals surface area contributed by atoms with Crippen LogP contribution in [0, 0.1) is 16.7 Å². The SMILES string of the molecule is CC(=O)O.CCc1cc(OCC#N)cc(C(Cc2ccc(C(=N)N)cc2)c2nn(-c3ncccn3)c(=O)[nH]2)c1. The molecule has 5 N–H and O–H groups in total. The fourth-order valence-electron chi connectivity index (χ4n) is 3.75. The van der Waals surface area contributed by atoms with Crippen molar-refractivity contribution in [2.24, 2.45) is 5.73 Å². The number of hydrogen-bond donors (Lipinski definition) is 4. The Hall–Kier alpha value is -5.31. The second kappa shape index (κ2) is 13.3. The zero-order valence-electron chi connectivity index (χ0n) is 21.5. The number of carboxylic acid groups (broad SMARTS) is 1. The van der Waals surface area contributed by atoms with E-state index in [-0.39, 0.29) is 24.3 Å². The van der Waals surface area contributed by atoms with Gasteiger partial charge in [-0.05, 0) is 47.7 Å². The van der Waals surface area contributed by atoms with Crippen LogP contribution in [-0.4, -0.2) is 48.3 Å². The van der Waals surface area contributed by atoms with Crippen molar-refractivity contribution in [3.63, 3.8) is 0 Å². The van der Waals surface area contributed by atoms with Crippen LogP contribution in [0.3, 0.4) is 0 Å². The van der Waals surface area contributed by atoms with Gasteiger partial charge < -0.3 is 15.6 Å². The van der Waals surface area contributed by atoms with E-state index >= 15 is 0 Å². The van der Waals surface area contributed by atoms with E-state index in [1.807, 2.05) is 43.3 Å². The van der Waals surface area contributed by atoms with Gasteiger partial charge in [0.2, 0.25) is 0 Å². The molecule has 2 aromatic carbocycles. The number of amidine groups is 1. The maximum atomic E-state index is 12.7. The number of ether oxygens (including phenoxy) is 1. The third-order valence-corrected chi connectivity index (χ3v) is 5.51. The molecule has 0 aliphatic rings. The number of nitrogens with zero attached hydrogens (tertiary/aromatic N) is 5. The number of aromatic amines is 1. The van der Waals surface area contributed by atoms with Gasteiger partial charge >= 0.3 is 5.69 Å². The number of carbonyl (C=O) groups is 1. The summed E-state index contributed by atoms with van der Waals surface area (Å²) in [6, 6.07) is 16.8. The van der Waals surface area contributed by atoms with Crippen molar-refractivity contribution < 1.29 is 14.6 Å². The summed E-state index contributed by atoms with van der Waals surface area (Å²) in [5, 5.41) is 28.5. The Balaban J connectivity index is 0.000000983. The third kappa shape index (κ3) is 7.83. The molecule has 0 saturated heterocycles. The van der Waals surface area contributed by atoms with Crippen LogP contribution in [0.5, 0.6) is 5.75 Å². The van der Waals surface area contributed by atoms with Crippen molar-refractivity contribution in [2.45, 2.75) is 32.6 Å². The number of aliphatic carboxylic acids is 1. The first kappa shape index (κ1) is 28.3. The molecule has 12 heteroatoms. The van der Waals surface area contributed by atoms with E-state index in [0.29, 0.717) is 23.6 Å². The minimum atomic E-state index is -0.833. The van der Waals surface area contributed by atoms with Crippen LogP contribution < -0.4 is 16.2 Å². The third-order valence-electron chi connectivity index (χ3n) is 5.51. The average molecular weight is 529 g/mol. The van der Waals surface area contributed by atoms with E-state index in [9.17, 15) is 4.79 Å². The number of nitriles is 1. The monoisotopic (exact) mass is 528 g/mol. The number of aryl methyl sites for hydroxylation is 1. The molecule has 2 heterocycles. The quantitative estimate of drug-likeness (QED) is 0.186. The van der Waals surface area contributed by atoms with Crippen LogP contribution in [0.25, 0.3) is 5.95 Å². The Morgan fingerprint density at radius 1 is 1.21 bits per heavy atom. The Morgan fingerprint density at radius 2 is 1.87 bits per heavy atom. The molecule has 4 aromatic rings. The highest BCUT2D eigenvalue weighted by atomic mass is 16.5. The summed E-state index contributed by atoms with van der Waals surface area (Å²) >= 11 is 0. The van der Waals surface area contributed by atoms with E-state index < -0.39 is 11.7 Å². The second-order valence-corrected chi connectivity index (χ2v) is 8.37. The van der Waals surface area contributed by atoms with Crippen molar-refractivity contribution >= 4 is 11.8 Å². The number of rotatable bonds is 9. The maximum absolute atomic E-state index is 12.7. The molecular weight excluding hydrogens is 500 g/mol. The number of benzene rings is 2. The fraction of sp³-hybridized carbons (Fsp3) is 0.222. The number of hydrogen-bond acceptors (Lipinski definition) is 8. The minimum absolute atomic E-state index is 0.00559. The standard InChI is InChI=1S/C25H24N8O2.C2H4O2/c1-2-16-12-19(15-20(13-16)35-11-8-26)21(14-17-4-6-18(7-5-17)22(27)28)23-31-25(34)33(32-23)24-29-9-3-10-30-24;1-2(3)4/h3-7,9-10,12-13,15,21H,2,11,14H2,1H3,(H3,27,28)(H,31,32,34);1H3,(H,3,4). The summed E-state index contributed by atoms with van der Waals surface area (Å²) in [7, 11) is 0. The highest BCUT2D eigenvalue weighted by Gasteiger charge is 2.23. The molecule has 0 spiro atoms. The van der Waals surface area contributed by atoms with Crippen LogP contribution in [0.15, 0.2) is 65.7 Å². The normalized spacial score (nSPS) is 11.0. The number of nitrogens with one attached hydrogen (secondary N) is 2. The van der Waals surface area contributed by atoms with Crippen molar-refractivity contribution in [3.8, 4) is 17.8 Å². The van der Waals surface area contributed by atoms with Crippen LogP contribution in [0.4, 0.5) is 0 Å². The molecule has 0 saturated carbocycles. The predicted molar refractivity (Wildman–Crippen MR) is 143 cm³/mol. The van der Waals surface area contributed by atoms with Crippen molar-refractivity contribution in [2.75, 3.05) is 6.61 Å². The zero-order chi connectivity index (χ0) is 28.4. The molecule has 0 bridgehead atoms. The van der Waals surface area contributed by atoms with Gasteiger partial charge in [-0.2, -0.15) is 5.26 Å². The topological polar surface area (TPSA) is 197 Å². The van der Waals surface area contributed by atoms with E-state index in [0.717, 1.165) is 34.7 Å². The van der Waals surface area contributed by atoms with E-state index in [1.54, 1.807) is 30.6 Å². The van der Waals surface area contributed by atoms with Gasteiger partial charge in [-0.1, -0.05) is 37.3 Å². The van der Waals surface area contributed by atoms with Gasteiger partial charge in [-0.25, -0.2) is 14.8 Å². The van der Waals surface area contributed by atoms with Gasteiger partial charge in [0, 0.05) is 30.8 Å². The Bertz CT molecular complexity index is 1520. The van der Waals surface area contributed by atoms with Crippen molar-refractivity contribution in [1.29, 1.82) is 10.7 Å². The lowest BCUT2D eigenvalue weighted by Gasteiger charge is -2.18. The first-order chi connectivity index (χ1) is 18.7. The van der Waals surface area contributed by atoms with E-state index in [2.05, 4.69) is 20.1 Å². The molecule has 0 aliphatic heterocycles. The number of nitrogen functional groups attached to an aromatic ring is 1. The lowest BCUT2D eigenvalue weighted by molar-refractivity contribution is -0.134. The molecule has 1 atom stereocenters. The first-order valence-corrected chi connectivity index (χ1v) is 11.9. The molecule has 12 nitrogen and oxygen atoms in total. The zero-order valence-corrected chi connectivity index (χ0v) is 21.5. The first-order valence-electron chi connectivity index (χ1n) is 11.9. The molecular formula is C27H28N8O4. The molecule has 200 valence electrons. The molecule has 0 amide bonds. The van der Waals surface area contributed by atoms with E-state index in [1.165, 1.54) is 0 Å². The molecule has 1 unspecified atom stereocenters. The van der Waals surface area contributed by atoms with E-state index in [4.69, 9.17) is 31.0 Å². The molecule has 0 aliphatic carbocycles. The summed E-state index contributed by atoms with van der Waals surface area (Å²) in [5.74, 6) is 0.00855. The minimum Gasteiger partial charge on any atom is -0.481 e. The summed E-state index contributed by atoms with van der Waals surface area (Å²) in [6.45, 7) is 3.05. The highest BCUT2D eigenvalue weighted by molar-refractivity contribution is 5.94. The lowest BCUT2D eigenvalue weighted by Crippen LogP contribution is -2.18. The lowest BCUT2D eigenvalue weighted by atomic mass is 9.89. The highest BCUT2D eigenvalue weighted by Crippen LogP contribution is 2.30. The van der Waals surface area contributed by atoms with Gasteiger partial charge in [0.05, 0.1) is 0 Å². The Kier molecular flexibility index (Phi) is 9.64. The van der Waals surface area contributed by atoms with Gasteiger partial charge in [-0.3, -0.25) is 15.2 Å². The largest absolute Gasteiger partial charge is 0.481 e. The van der Waals surface area contributed by atoms with Crippen LogP contribution in [-0.2, 0) is 17.6 Å². The van der Waals surface area contributed by atoms with Gasteiger partial charge in [0.1, 0.15) is 23.5 Å². The van der Waals surface area contributed by atoms with Crippen LogP contribution in [0.1, 0.15) is 47.8 Å². The smallest absolute Gasteiger partial charge is 0.350 e. The summed E-state index contributed by atoms with van der Waals surface area (Å²) < 4.78 is 6.74. The molecule has 0 fully saturated rings. The van der Waals surface area contributed by atoms with Crippen molar-refractivity contribution in [1.82, 2.24) is 24.7 Å². The average Bonchev–Trinajstić information content (AvgIpc) is 3.31. The van der Waals surface area contributed by atoms with Gasteiger partial charge in [0.15, 0.2) is 6.61 Å². The Labute approximate surface area is 224 Å². The van der Waals surface area contributed by atoms with Crippen LogP contribution >= 0.6 is 0 Å². The van der Waals surface area contributed by atoms with Crippen LogP contribution in [0.2, 0.25) is 0 Å². The van der Waals surface area contributed by atoms with Gasteiger partial charge in [-0.15, -0.1) is 9.78 Å². The summed E-state index contributed by atoms with van der Waals surface area (Å²) in [4.78, 5) is 32.9. The molecule has 2 aromatic heterocycles. The number of aromatic nitrogens is 5. The summed E-state index contributed by atoms with van der Waals surface area (Å²) in [5.41, 5.74) is 8.64. The number of H-pyrrole nitrogens is 1. The van der Waals surface area contributed by atoms with Crippen molar-refractivity contribution in [3.05, 3.63) is 99.5 Å². The number of nitrogens with two attached hydrogens (primary N) is 1. The molecule has 0 radical (unpaired) electrons. The maximum Gasteiger partial charge on any atom is 0.350 e. The second-order valence-electron chi connectivity index (χ2n) is 8.37. The molecule has 4 rings (SSSR count). The summed E-state index contributed by atoms with van der Waals surface area (Å²) in [6.07, 6.45) is 4.35. The predicted octanol–water partition coefficient (Wildman–Crippen LogP) is 2.56. The molecule has 39 heavy (non-hydrogen) atoms. The fourth-order valence-corrected chi connectivity index (χ4v) is 3.75. The number of carboxylic acids is 1.